The summed E-state index contributed by atoms with van der Waals surface area (Å²) in [6, 6.07) is 7.01. The summed E-state index contributed by atoms with van der Waals surface area (Å²) in [6.45, 7) is 3.06. The smallest absolute Gasteiger partial charge is 0.255 e. The van der Waals surface area contributed by atoms with E-state index in [1.54, 1.807) is 30.3 Å². The van der Waals surface area contributed by atoms with E-state index in [0.717, 1.165) is 25.9 Å². The van der Waals surface area contributed by atoms with Crippen molar-refractivity contribution in [1.29, 1.82) is 0 Å². The van der Waals surface area contributed by atoms with E-state index in [4.69, 9.17) is 4.74 Å². The van der Waals surface area contributed by atoms with Gasteiger partial charge in [0.2, 0.25) is 11.8 Å². The van der Waals surface area contributed by atoms with Crippen LogP contribution in [0, 0.1) is 5.41 Å². The van der Waals surface area contributed by atoms with E-state index in [9.17, 15) is 14.4 Å². The molecule has 9 heteroatoms. The van der Waals surface area contributed by atoms with Crippen LogP contribution in [-0.2, 0) is 9.59 Å². The number of benzene rings is 1. The highest BCUT2D eigenvalue weighted by atomic mass is 35.5. The third-order valence-electron chi connectivity index (χ3n) is 5.54. The molecule has 0 bridgehead atoms. The molecule has 0 saturated carbocycles. The van der Waals surface area contributed by atoms with Crippen LogP contribution in [0.5, 0.6) is 5.75 Å². The maximum atomic E-state index is 12.9. The van der Waals surface area contributed by atoms with Crippen molar-refractivity contribution in [2.45, 2.75) is 25.7 Å². The molecule has 0 atom stereocenters. The molecule has 2 aliphatic heterocycles. The minimum absolute atomic E-state index is 0. The Morgan fingerprint density at radius 2 is 1.61 bits per heavy atom. The van der Waals surface area contributed by atoms with E-state index in [0.29, 0.717) is 43.8 Å². The van der Waals surface area contributed by atoms with Gasteiger partial charge < -0.3 is 26.0 Å². The van der Waals surface area contributed by atoms with Gasteiger partial charge >= 0.3 is 0 Å². The van der Waals surface area contributed by atoms with Crippen molar-refractivity contribution in [2.24, 2.45) is 5.41 Å². The van der Waals surface area contributed by atoms with E-state index in [-0.39, 0.29) is 36.7 Å². The van der Waals surface area contributed by atoms with Gasteiger partial charge in [-0.25, -0.2) is 0 Å². The lowest BCUT2D eigenvalue weighted by Gasteiger charge is -2.35. The number of carbonyl (C=O) groups is 3. The third kappa shape index (κ3) is 6.97. The maximum Gasteiger partial charge on any atom is 0.255 e. The Morgan fingerprint density at radius 3 is 2.42 bits per heavy atom. The molecule has 1 fully saturated rings. The van der Waals surface area contributed by atoms with Gasteiger partial charge in [-0.1, -0.05) is 18.2 Å². The van der Waals surface area contributed by atoms with Crippen LogP contribution in [-0.4, -0.2) is 57.1 Å². The molecule has 1 spiro atoms. The van der Waals surface area contributed by atoms with Gasteiger partial charge in [-0.3, -0.25) is 14.4 Å². The highest BCUT2D eigenvalue weighted by Gasteiger charge is 2.38. The number of para-hydroxylation sites is 1. The van der Waals surface area contributed by atoms with Crippen molar-refractivity contribution < 1.29 is 19.1 Å². The third-order valence-corrected chi connectivity index (χ3v) is 5.54. The molecule has 2 heterocycles. The molecule has 1 saturated heterocycles. The zero-order chi connectivity index (χ0) is 21.2. The van der Waals surface area contributed by atoms with Crippen LogP contribution in [0.2, 0.25) is 0 Å². The van der Waals surface area contributed by atoms with Gasteiger partial charge in [0.25, 0.3) is 5.91 Å². The van der Waals surface area contributed by atoms with Crippen LogP contribution < -0.4 is 26.0 Å². The number of hydrogen-bond donors (Lipinski definition) is 4. The molecule has 31 heavy (non-hydrogen) atoms. The van der Waals surface area contributed by atoms with Crippen LogP contribution in [0.3, 0.4) is 0 Å². The van der Waals surface area contributed by atoms with E-state index in [1.165, 1.54) is 6.08 Å². The average Bonchev–Trinajstić information content (AvgIpc) is 2.76. The second-order valence-electron chi connectivity index (χ2n) is 7.64. The van der Waals surface area contributed by atoms with Crippen molar-refractivity contribution >= 4 is 30.1 Å². The lowest BCUT2D eigenvalue weighted by Crippen LogP contribution is -2.48. The zero-order valence-electron chi connectivity index (χ0n) is 17.6. The minimum Gasteiger partial charge on any atom is -0.491 e. The van der Waals surface area contributed by atoms with Gasteiger partial charge in [-0.15, -0.1) is 12.4 Å². The van der Waals surface area contributed by atoms with Crippen LogP contribution in [0.15, 0.2) is 36.4 Å². The number of hydrogen-bond acceptors (Lipinski definition) is 5. The lowest BCUT2D eigenvalue weighted by molar-refractivity contribution is -0.132. The van der Waals surface area contributed by atoms with Gasteiger partial charge in [-0.05, 0) is 57.0 Å². The van der Waals surface area contributed by atoms with Gasteiger partial charge in [0, 0.05) is 13.1 Å². The summed E-state index contributed by atoms with van der Waals surface area (Å²) in [5.74, 6) is 0.0392. The van der Waals surface area contributed by atoms with Crippen molar-refractivity contribution in [3.8, 4) is 5.75 Å². The Balaban J connectivity index is 0.00000341. The van der Waals surface area contributed by atoms with Crippen LogP contribution in [0.25, 0.3) is 0 Å². The maximum absolute atomic E-state index is 12.9. The molecule has 0 aromatic heterocycles. The van der Waals surface area contributed by atoms with E-state index in [2.05, 4.69) is 21.3 Å². The minimum atomic E-state index is -0.501. The molecule has 1 aromatic rings. The second-order valence-corrected chi connectivity index (χ2v) is 7.64. The largest absolute Gasteiger partial charge is 0.491 e. The van der Waals surface area contributed by atoms with Crippen LogP contribution in [0.4, 0.5) is 0 Å². The number of rotatable bonds is 0. The summed E-state index contributed by atoms with van der Waals surface area (Å²) in [5, 5.41) is 11.9. The Bertz CT molecular complexity index is 793. The molecule has 170 valence electrons. The predicted octanol–water partition coefficient (Wildman–Crippen LogP) is 1.17. The quantitative estimate of drug-likeness (QED) is 0.474. The number of carbonyl (C=O) groups excluding carboxylic acids is 3. The summed E-state index contributed by atoms with van der Waals surface area (Å²) in [5.41, 5.74) is -0.0544. The summed E-state index contributed by atoms with van der Waals surface area (Å²) >= 11 is 0. The Hall–Kier alpha value is -2.58. The van der Waals surface area contributed by atoms with Crippen molar-refractivity contribution in [3.05, 3.63) is 42.0 Å². The van der Waals surface area contributed by atoms with E-state index in [1.807, 2.05) is 0 Å². The highest BCUT2D eigenvalue weighted by molar-refractivity contribution is 5.96. The topological polar surface area (TPSA) is 109 Å². The second kappa shape index (κ2) is 12.3. The number of piperidine rings is 1. The van der Waals surface area contributed by atoms with Crippen LogP contribution in [0.1, 0.15) is 36.0 Å². The molecular formula is C22H31ClN4O4. The normalized spacial score (nSPS) is 21.6. The molecule has 8 nitrogen and oxygen atoms in total. The van der Waals surface area contributed by atoms with E-state index >= 15 is 0 Å². The molecule has 0 radical (unpaired) electrons. The average molecular weight is 451 g/mol. The summed E-state index contributed by atoms with van der Waals surface area (Å²) < 4.78 is 5.69. The van der Waals surface area contributed by atoms with E-state index < -0.39 is 5.41 Å². The Morgan fingerprint density at radius 1 is 0.871 bits per heavy atom. The highest BCUT2D eigenvalue weighted by Crippen LogP contribution is 2.33. The first-order valence-electron chi connectivity index (χ1n) is 10.5. The van der Waals surface area contributed by atoms with Crippen molar-refractivity contribution in [1.82, 2.24) is 21.3 Å². The SMILES string of the molecule is Cl.O=C1/C=C/CC2(CCNCC2)C(=O)NCCCNC(=O)c2ccccc2OCCN1. The fourth-order valence-electron chi connectivity index (χ4n) is 3.77. The monoisotopic (exact) mass is 450 g/mol. The van der Waals surface area contributed by atoms with Gasteiger partial charge in [-0.2, -0.15) is 0 Å². The standard InChI is InChI=1S/C22H30N4O4.ClH/c27-19-7-3-8-22(9-13-23-14-10-22)21(29)26-12-4-11-25-20(28)17-5-1-2-6-18(17)30-16-15-24-19;/h1-3,5-7,23H,4,8-16H2,(H,24,27)(H,25,28)(H,26,29);1H/b7-3+;. The molecule has 0 aliphatic carbocycles. The first-order chi connectivity index (χ1) is 14.6. The van der Waals surface area contributed by atoms with Crippen LogP contribution >= 0.6 is 12.4 Å². The fraction of sp³-hybridized carbons (Fsp3) is 0.500. The summed E-state index contributed by atoms with van der Waals surface area (Å²) in [6.07, 6.45) is 5.89. The Labute approximate surface area is 189 Å². The predicted molar refractivity (Wildman–Crippen MR) is 120 cm³/mol. The van der Waals surface area contributed by atoms with Gasteiger partial charge in [0.1, 0.15) is 12.4 Å². The molecule has 2 aliphatic rings. The molecule has 3 amide bonds. The summed E-state index contributed by atoms with van der Waals surface area (Å²) in [7, 11) is 0. The molecule has 0 unspecified atom stereocenters. The first kappa shape index (κ1) is 24.7. The van der Waals surface area contributed by atoms with Crippen molar-refractivity contribution in [3.63, 3.8) is 0 Å². The van der Waals surface area contributed by atoms with Gasteiger partial charge in [0.15, 0.2) is 0 Å². The Kier molecular flexibility index (Phi) is 9.81. The number of nitrogens with one attached hydrogen (secondary N) is 4. The zero-order valence-corrected chi connectivity index (χ0v) is 18.4. The number of allylic oxidation sites excluding steroid dienone is 1. The summed E-state index contributed by atoms with van der Waals surface area (Å²) in [4.78, 5) is 37.5. The molecule has 4 N–H and O–H groups in total. The van der Waals surface area contributed by atoms with Gasteiger partial charge in [0.05, 0.1) is 17.5 Å². The number of fused-ring (bicyclic) bond motifs is 1. The molecule has 1 aromatic carbocycles. The number of ether oxygens (including phenoxy) is 1. The van der Waals surface area contributed by atoms with Crippen molar-refractivity contribution in [2.75, 3.05) is 39.3 Å². The molecule has 3 rings (SSSR count). The fourth-order valence-corrected chi connectivity index (χ4v) is 3.77. The number of amides is 3. The first-order valence-corrected chi connectivity index (χ1v) is 10.5. The number of halogens is 1. The molecular weight excluding hydrogens is 420 g/mol. The lowest BCUT2D eigenvalue weighted by atomic mass is 9.75.